The van der Waals surface area contributed by atoms with E-state index in [1.165, 1.54) is 5.56 Å². The number of nitrogens with zero attached hydrogens (tertiary/aromatic N) is 1. The predicted octanol–water partition coefficient (Wildman–Crippen LogP) is 3.46. The molecule has 0 bridgehead atoms. The van der Waals surface area contributed by atoms with Gasteiger partial charge in [0.15, 0.2) is 5.69 Å². The maximum atomic E-state index is 11.2. The molecule has 0 aliphatic carbocycles. The quantitative estimate of drug-likeness (QED) is 0.882. The van der Waals surface area contributed by atoms with Crippen molar-refractivity contribution in [1.82, 2.24) is 9.97 Å². The van der Waals surface area contributed by atoms with E-state index in [0.717, 1.165) is 12.0 Å². The number of H-pyrrole nitrogens is 1. The summed E-state index contributed by atoms with van der Waals surface area (Å²) in [5.41, 5.74) is 2.94. The Morgan fingerprint density at radius 2 is 1.95 bits per heavy atom. The van der Waals surface area contributed by atoms with Gasteiger partial charge in [-0.05, 0) is 17.9 Å². The average Bonchev–Trinajstić information content (AvgIpc) is 2.84. The van der Waals surface area contributed by atoms with Gasteiger partial charge in [0.05, 0.1) is 5.69 Å². The monoisotopic (exact) mass is 258 g/mol. The number of carboxylic acids is 1. The van der Waals surface area contributed by atoms with Crippen LogP contribution in [0.2, 0.25) is 0 Å². The zero-order valence-electron chi connectivity index (χ0n) is 11.4. The third-order valence-corrected chi connectivity index (χ3v) is 3.15. The molecule has 0 spiro atoms. The Bertz CT molecular complexity index is 583. The van der Waals surface area contributed by atoms with Crippen molar-refractivity contribution >= 4 is 5.97 Å². The highest BCUT2D eigenvalue weighted by molar-refractivity contribution is 5.88. The molecule has 2 N–H and O–H groups in total. The van der Waals surface area contributed by atoms with Crippen LogP contribution in [0.1, 0.15) is 48.4 Å². The third-order valence-electron chi connectivity index (χ3n) is 3.15. The van der Waals surface area contributed by atoms with E-state index in [9.17, 15) is 9.90 Å². The van der Waals surface area contributed by atoms with Gasteiger partial charge >= 0.3 is 5.97 Å². The van der Waals surface area contributed by atoms with Crippen LogP contribution >= 0.6 is 0 Å². The van der Waals surface area contributed by atoms with Crippen molar-refractivity contribution in [3.63, 3.8) is 0 Å². The summed E-state index contributed by atoms with van der Waals surface area (Å²) in [5, 5.41) is 9.17. The lowest BCUT2D eigenvalue weighted by Gasteiger charge is -2.02. The first kappa shape index (κ1) is 13.3. The number of aromatic carboxylic acids is 1. The highest BCUT2D eigenvalue weighted by Gasteiger charge is 2.19. The van der Waals surface area contributed by atoms with Crippen molar-refractivity contribution in [1.29, 1.82) is 0 Å². The van der Waals surface area contributed by atoms with Crippen LogP contribution in [0.5, 0.6) is 0 Å². The Hall–Kier alpha value is -2.10. The summed E-state index contributed by atoms with van der Waals surface area (Å²) < 4.78 is 0. The van der Waals surface area contributed by atoms with Gasteiger partial charge in [-0.3, -0.25) is 0 Å². The van der Waals surface area contributed by atoms with Crippen molar-refractivity contribution in [3.05, 3.63) is 41.2 Å². The lowest BCUT2D eigenvalue weighted by atomic mass is 10.1. The fourth-order valence-electron chi connectivity index (χ4n) is 2.00. The average molecular weight is 258 g/mol. The molecule has 2 rings (SSSR count). The van der Waals surface area contributed by atoms with Crippen molar-refractivity contribution in [3.8, 4) is 11.4 Å². The Kier molecular flexibility index (Phi) is 3.69. The van der Waals surface area contributed by atoms with Crippen LogP contribution in [-0.4, -0.2) is 21.0 Å². The Balaban J connectivity index is 2.44. The molecule has 1 heterocycles. The lowest BCUT2D eigenvalue weighted by Crippen LogP contribution is -2.02. The fraction of sp³-hybridized carbons (Fsp3) is 0.333. The number of aromatic amines is 1. The Morgan fingerprint density at radius 3 is 2.37 bits per heavy atom. The lowest BCUT2D eigenvalue weighted by molar-refractivity contribution is 0.0689. The van der Waals surface area contributed by atoms with Gasteiger partial charge < -0.3 is 10.1 Å². The number of nitrogens with one attached hydrogen (secondary N) is 1. The molecule has 0 saturated heterocycles. The first-order chi connectivity index (χ1) is 9.02. The molecule has 0 unspecified atom stereocenters. The normalized spacial score (nSPS) is 10.9. The molecule has 0 aliphatic rings. The second-order valence-electron chi connectivity index (χ2n) is 4.86. The maximum Gasteiger partial charge on any atom is 0.356 e. The predicted molar refractivity (Wildman–Crippen MR) is 74.5 cm³/mol. The molecule has 2 aromatic rings. The summed E-state index contributed by atoms with van der Waals surface area (Å²) >= 11 is 0. The minimum Gasteiger partial charge on any atom is -0.476 e. The molecule has 0 amide bonds. The van der Waals surface area contributed by atoms with Crippen molar-refractivity contribution in [2.75, 3.05) is 0 Å². The van der Waals surface area contributed by atoms with E-state index in [0.29, 0.717) is 11.5 Å². The van der Waals surface area contributed by atoms with E-state index in [1.54, 1.807) is 0 Å². The summed E-state index contributed by atoms with van der Waals surface area (Å²) in [6, 6.07) is 8.00. The van der Waals surface area contributed by atoms with Crippen LogP contribution in [0.3, 0.4) is 0 Å². The highest BCUT2D eigenvalue weighted by atomic mass is 16.4. The van der Waals surface area contributed by atoms with Gasteiger partial charge in [-0.1, -0.05) is 45.0 Å². The van der Waals surface area contributed by atoms with E-state index in [4.69, 9.17) is 0 Å². The second-order valence-corrected chi connectivity index (χ2v) is 4.86. The van der Waals surface area contributed by atoms with E-state index in [2.05, 4.69) is 16.9 Å². The molecule has 19 heavy (non-hydrogen) atoms. The molecule has 1 aromatic carbocycles. The number of imidazole rings is 1. The highest BCUT2D eigenvalue weighted by Crippen LogP contribution is 2.23. The number of carboxylic acid groups (broad SMARTS) is 1. The largest absolute Gasteiger partial charge is 0.476 e. The summed E-state index contributed by atoms with van der Waals surface area (Å²) in [6.45, 7) is 6.00. The molecular formula is C15H18N2O2. The smallest absolute Gasteiger partial charge is 0.356 e. The van der Waals surface area contributed by atoms with Gasteiger partial charge in [-0.2, -0.15) is 0 Å². The van der Waals surface area contributed by atoms with Crippen molar-refractivity contribution in [2.45, 2.75) is 33.1 Å². The van der Waals surface area contributed by atoms with Crippen LogP contribution < -0.4 is 0 Å². The molecule has 100 valence electrons. The Morgan fingerprint density at radius 1 is 1.32 bits per heavy atom. The van der Waals surface area contributed by atoms with Crippen molar-refractivity contribution < 1.29 is 9.90 Å². The minimum absolute atomic E-state index is 0.0993. The first-order valence-electron chi connectivity index (χ1n) is 6.45. The molecular weight excluding hydrogens is 240 g/mol. The summed E-state index contributed by atoms with van der Waals surface area (Å²) in [7, 11) is 0. The number of rotatable bonds is 4. The maximum absolute atomic E-state index is 11.2. The molecule has 0 fully saturated rings. The Labute approximate surface area is 112 Å². The summed E-state index contributed by atoms with van der Waals surface area (Å²) in [4.78, 5) is 18.5. The van der Waals surface area contributed by atoms with Crippen LogP contribution in [-0.2, 0) is 6.42 Å². The van der Waals surface area contributed by atoms with E-state index < -0.39 is 5.97 Å². The van der Waals surface area contributed by atoms with E-state index in [1.807, 2.05) is 38.1 Å². The topological polar surface area (TPSA) is 66.0 Å². The summed E-state index contributed by atoms with van der Waals surface area (Å²) in [5.74, 6) is -0.276. The molecule has 0 atom stereocenters. The molecule has 4 nitrogen and oxygen atoms in total. The number of hydrogen-bond acceptors (Lipinski definition) is 2. The van der Waals surface area contributed by atoms with Crippen LogP contribution in [0, 0.1) is 0 Å². The molecule has 0 radical (unpaired) electrons. The third kappa shape index (κ3) is 2.67. The second kappa shape index (κ2) is 5.26. The molecule has 0 aliphatic heterocycles. The van der Waals surface area contributed by atoms with Gasteiger partial charge in [0, 0.05) is 5.56 Å². The zero-order chi connectivity index (χ0) is 14.0. The van der Waals surface area contributed by atoms with Gasteiger partial charge in [0.25, 0.3) is 0 Å². The SMILES string of the molecule is CCc1ccc(-c2nc(C(=O)O)c(C(C)C)[nH]2)cc1. The van der Waals surface area contributed by atoms with Gasteiger partial charge in [-0.15, -0.1) is 0 Å². The number of aromatic nitrogens is 2. The number of carbonyl (C=O) groups is 1. The zero-order valence-corrected chi connectivity index (χ0v) is 11.4. The van der Waals surface area contributed by atoms with Gasteiger partial charge in [0.1, 0.15) is 5.82 Å². The standard InChI is InChI=1S/C15H18N2O2/c1-4-10-5-7-11(8-6-10)14-16-12(9(2)3)13(17-14)15(18)19/h5-9H,4H2,1-3H3,(H,16,17)(H,18,19). The molecule has 4 heteroatoms. The molecule has 0 saturated carbocycles. The van der Waals surface area contributed by atoms with Crippen LogP contribution in [0.4, 0.5) is 0 Å². The van der Waals surface area contributed by atoms with Gasteiger partial charge in [-0.25, -0.2) is 9.78 Å². The van der Waals surface area contributed by atoms with Crippen LogP contribution in [0.15, 0.2) is 24.3 Å². The number of benzene rings is 1. The first-order valence-corrected chi connectivity index (χ1v) is 6.45. The molecule has 1 aromatic heterocycles. The van der Waals surface area contributed by atoms with Crippen molar-refractivity contribution in [2.24, 2.45) is 0 Å². The number of aryl methyl sites for hydroxylation is 1. The fourth-order valence-corrected chi connectivity index (χ4v) is 2.00. The minimum atomic E-state index is -0.989. The van der Waals surface area contributed by atoms with E-state index >= 15 is 0 Å². The number of hydrogen-bond donors (Lipinski definition) is 2. The summed E-state index contributed by atoms with van der Waals surface area (Å²) in [6.07, 6.45) is 0.982. The van der Waals surface area contributed by atoms with Gasteiger partial charge in [0.2, 0.25) is 0 Å². The van der Waals surface area contributed by atoms with Crippen LogP contribution in [0.25, 0.3) is 11.4 Å². The van der Waals surface area contributed by atoms with E-state index in [-0.39, 0.29) is 11.6 Å².